The zero-order valence-electron chi connectivity index (χ0n) is 12.1. The van der Waals surface area contributed by atoms with Crippen molar-refractivity contribution in [3.63, 3.8) is 0 Å². The highest BCUT2D eigenvalue weighted by molar-refractivity contribution is 6.35. The minimum atomic E-state index is 0.608. The summed E-state index contributed by atoms with van der Waals surface area (Å²) in [5.41, 5.74) is 0.894. The second-order valence-corrected chi connectivity index (χ2v) is 5.68. The molecule has 2 N–H and O–H groups in total. The maximum atomic E-state index is 6.01. The van der Waals surface area contributed by atoms with Crippen molar-refractivity contribution in [2.75, 3.05) is 19.6 Å². The Morgan fingerprint density at radius 1 is 1.00 bits per heavy atom. The summed E-state index contributed by atoms with van der Waals surface area (Å²) in [7, 11) is 0. The van der Waals surface area contributed by atoms with Crippen LogP contribution in [0.3, 0.4) is 0 Å². The van der Waals surface area contributed by atoms with Crippen molar-refractivity contribution >= 4 is 23.2 Å². The van der Waals surface area contributed by atoms with E-state index in [1.165, 1.54) is 0 Å². The van der Waals surface area contributed by atoms with E-state index in [1.54, 1.807) is 6.07 Å². The lowest BCUT2D eigenvalue weighted by atomic mass is 10.2. The van der Waals surface area contributed by atoms with Gasteiger partial charge in [0, 0.05) is 15.6 Å². The van der Waals surface area contributed by atoms with Crippen LogP contribution in [0, 0.1) is 0 Å². The number of furan rings is 1. The fourth-order valence-corrected chi connectivity index (χ4v) is 2.58. The molecule has 2 rings (SSSR count). The first-order valence-electron chi connectivity index (χ1n) is 7.15. The van der Waals surface area contributed by atoms with Crippen LogP contribution in [0.15, 0.2) is 34.7 Å². The molecule has 1 aromatic heterocycles. The van der Waals surface area contributed by atoms with E-state index in [0.717, 1.165) is 49.7 Å². The van der Waals surface area contributed by atoms with Gasteiger partial charge in [-0.05, 0) is 56.4 Å². The Hall–Kier alpha value is -1.00. The van der Waals surface area contributed by atoms with Crippen LogP contribution in [0.25, 0.3) is 11.3 Å². The number of rotatable bonds is 8. The molecular weight excluding hydrogens is 307 g/mol. The van der Waals surface area contributed by atoms with Crippen LogP contribution in [-0.4, -0.2) is 19.6 Å². The highest BCUT2D eigenvalue weighted by Crippen LogP contribution is 2.28. The van der Waals surface area contributed by atoms with Gasteiger partial charge in [-0.3, -0.25) is 0 Å². The molecule has 0 radical (unpaired) electrons. The molecule has 0 aliphatic rings. The van der Waals surface area contributed by atoms with Gasteiger partial charge in [0.15, 0.2) is 0 Å². The SMILES string of the molecule is CCNCCCNCc1ccc(-c2cc(Cl)cc(Cl)c2)o1. The maximum absolute atomic E-state index is 6.01. The van der Waals surface area contributed by atoms with Crippen LogP contribution >= 0.6 is 23.2 Å². The van der Waals surface area contributed by atoms with Crippen LogP contribution in [0.1, 0.15) is 19.1 Å². The lowest BCUT2D eigenvalue weighted by Gasteiger charge is -2.03. The Labute approximate surface area is 135 Å². The summed E-state index contributed by atoms with van der Waals surface area (Å²) >= 11 is 12.0. The van der Waals surface area contributed by atoms with Crippen molar-refractivity contribution in [1.82, 2.24) is 10.6 Å². The molecule has 1 heterocycles. The molecule has 0 unspecified atom stereocenters. The van der Waals surface area contributed by atoms with Gasteiger partial charge < -0.3 is 15.1 Å². The van der Waals surface area contributed by atoms with Crippen molar-refractivity contribution < 1.29 is 4.42 Å². The topological polar surface area (TPSA) is 37.2 Å². The zero-order chi connectivity index (χ0) is 15.1. The van der Waals surface area contributed by atoms with E-state index in [-0.39, 0.29) is 0 Å². The molecule has 0 saturated carbocycles. The molecule has 0 spiro atoms. The predicted molar refractivity (Wildman–Crippen MR) is 89.0 cm³/mol. The highest BCUT2D eigenvalue weighted by Gasteiger charge is 2.06. The lowest BCUT2D eigenvalue weighted by Crippen LogP contribution is -2.21. The van der Waals surface area contributed by atoms with E-state index in [9.17, 15) is 0 Å². The van der Waals surface area contributed by atoms with Crippen molar-refractivity contribution in [2.45, 2.75) is 19.9 Å². The Morgan fingerprint density at radius 2 is 1.71 bits per heavy atom. The second kappa shape index (κ2) is 8.44. The number of benzene rings is 1. The van der Waals surface area contributed by atoms with E-state index >= 15 is 0 Å². The summed E-state index contributed by atoms with van der Waals surface area (Å²) in [6.07, 6.45) is 1.10. The number of hydrogen-bond donors (Lipinski definition) is 2. The second-order valence-electron chi connectivity index (χ2n) is 4.81. The first-order valence-corrected chi connectivity index (χ1v) is 7.91. The zero-order valence-corrected chi connectivity index (χ0v) is 13.6. The summed E-state index contributed by atoms with van der Waals surface area (Å²) < 4.78 is 5.81. The Bertz CT molecular complexity index is 549. The van der Waals surface area contributed by atoms with Gasteiger partial charge in [-0.2, -0.15) is 0 Å². The van der Waals surface area contributed by atoms with Crippen LogP contribution in [0.5, 0.6) is 0 Å². The molecule has 5 heteroatoms. The van der Waals surface area contributed by atoms with Crippen molar-refractivity contribution in [2.24, 2.45) is 0 Å². The van der Waals surface area contributed by atoms with E-state index in [4.69, 9.17) is 27.6 Å². The molecule has 0 aliphatic heterocycles. The normalized spacial score (nSPS) is 11.0. The Balaban J connectivity index is 1.86. The van der Waals surface area contributed by atoms with E-state index in [1.807, 2.05) is 24.3 Å². The fraction of sp³-hybridized carbons (Fsp3) is 0.375. The number of nitrogens with one attached hydrogen (secondary N) is 2. The molecule has 1 aromatic carbocycles. The molecule has 0 aliphatic carbocycles. The summed E-state index contributed by atoms with van der Waals surface area (Å²) in [5.74, 6) is 1.69. The molecule has 3 nitrogen and oxygen atoms in total. The molecule has 0 saturated heterocycles. The van der Waals surface area contributed by atoms with Gasteiger partial charge in [-0.15, -0.1) is 0 Å². The first kappa shape index (κ1) is 16.4. The van der Waals surface area contributed by atoms with Crippen molar-refractivity contribution in [1.29, 1.82) is 0 Å². The molecule has 2 aromatic rings. The predicted octanol–water partition coefficient (Wildman–Crippen LogP) is 4.34. The third kappa shape index (κ3) is 5.36. The van der Waals surface area contributed by atoms with Crippen LogP contribution in [0.4, 0.5) is 0 Å². The number of hydrogen-bond acceptors (Lipinski definition) is 3. The first-order chi connectivity index (χ1) is 10.2. The molecule has 0 fully saturated rings. The lowest BCUT2D eigenvalue weighted by molar-refractivity contribution is 0.488. The van der Waals surface area contributed by atoms with E-state index in [0.29, 0.717) is 10.0 Å². The van der Waals surface area contributed by atoms with Gasteiger partial charge >= 0.3 is 0 Å². The van der Waals surface area contributed by atoms with E-state index in [2.05, 4.69) is 17.6 Å². The van der Waals surface area contributed by atoms with Crippen LogP contribution in [0.2, 0.25) is 10.0 Å². The average Bonchev–Trinajstić information content (AvgIpc) is 2.90. The van der Waals surface area contributed by atoms with Crippen LogP contribution in [-0.2, 0) is 6.54 Å². The van der Waals surface area contributed by atoms with Gasteiger partial charge in [-0.25, -0.2) is 0 Å². The Kier molecular flexibility index (Phi) is 6.58. The molecule has 21 heavy (non-hydrogen) atoms. The summed E-state index contributed by atoms with van der Waals surface area (Å²) in [4.78, 5) is 0. The molecule has 0 bridgehead atoms. The minimum Gasteiger partial charge on any atom is -0.460 e. The van der Waals surface area contributed by atoms with Crippen molar-refractivity contribution in [3.8, 4) is 11.3 Å². The number of halogens is 2. The highest BCUT2D eigenvalue weighted by atomic mass is 35.5. The summed E-state index contributed by atoms with van der Waals surface area (Å²) in [6.45, 7) is 5.85. The fourth-order valence-electron chi connectivity index (χ4n) is 2.05. The van der Waals surface area contributed by atoms with Crippen molar-refractivity contribution in [3.05, 3.63) is 46.1 Å². The third-order valence-corrected chi connectivity index (χ3v) is 3.50. The monoisotopic (exact) mass is 326 g/mol. The van der Waals surface area contributed by atoms with Gasteiger partial charge in [0.05, 0.1) is 6.54 Å². The Morgan fingerprint density at radius 3 is 2.43 bits per heavy atom. The molecule has 114 valence electrons. The van der Waals surface area contributed by atoms with Crippen LogP contribution < -0.4 is 10.6 Å². The average molecular weight is 327 g/mol. The third-order valence-electron chi connectivity index (χ3n) is 3.07. The largest absolute Gasteiger partial charge is 0.460 e. The van der Waals surface area contributed by atoms with E-state index < -0.39 is 0 Å². The standard InChI is InChI=1S/C16H20Cl2N2O/c1-2-19-6-3-7-20-11-15-4-5-16(21-15)12-8-13(17)10-14(18)9-12/h4-5,8-10,19-20H,2-3,6-7,11H2,1H3. The smallest absolute Gasteiger partial charge is 0.134 e. The summed E-state index contributed by atoms with van der Waals surface area (Å²) in [6, 6.07) is 9.32. The van der Waals surface area contributed by atoms with Gasteiger partial charge in [0.2, 0.25) is 0 Å². The van der Waals surface area contributed by atoms with Gasteiger partial charge in [-0.1, -0.05) is 30.1 Å². The van der Waals surface area contributed by atoms with Gasteiger partial charge in [0.1, 0.15) is 11.5 Å². The molecule has 0 atom stereocenters. The molecule has 0 amide bonds. The quantitative estimate of drug-likeness (QED) is 0.708. The summed E-state index contributed by atoms with van der Waals surface area (Å²) in [5, 5.41) is 7.87. The van der Waals surface area contributed by atoms with Gasteiger partial charge in [0.25, 0.3) is 0 Å². The maximum Gasteiger partial charge on any atom is 0.134 e. The molecular formula is C16H20Cl2N2O. The minimum absolute atomic E-state index is 0.608.